The van der Waals surface area contributed by atoms with Crippen molar-refractivity contribution in [2.75, 3.05) is 50.4 Å². The molecular formula is C20H32FN5O2. The highest BCUT2D eigenvalue weighted by Gasteiger charge is 2.40. The normalized spacial score (nSPS) is 26.5. The van der Waals surface area contributed by atoms with E-state index in [0.29, 0.717) is 45.4 Å². The van der Waals surface area contributed by atoms with Gasteiger partial charge in [-0.25, -0.2) is 9.40 Å². The minimum Gasteiger partial charge on any atom is -0.492 e. The number of alkyl halides is 1. The van der Waals surface area contributed by atoms with Crippen LogP contribution in [0, 0.1) is 5.92 Å². The van der Waals surface area contributed by atoms with E-state index >= 15 is 0 Å². The second-order valence-electron chi connectivity index (χ2n) is 8.25. The van der Waals surface area contributed by atoms with E-state index in [-0.39, 0.29) is 12.0 Å². The lowest BCUT2D eigenvalue weighted by atomic mass is 9.96. The van der Waals surface area contributed by atoms with Gasteiger partial charge in [-0.1, -0.05) is 6.07 Å². The summed E-state index contributed by atoms with van der Waals surface area (Å²) in [4.78, 5) is 4.42. The molecule has 0 aromatic heterocycles. The second-order valence-corrected chi connectivity index (χ2v) is 8.25. The third-order valence-corrected chi connectivity index (χ3v) is 6.22. The molecular weight excluding hydrogens is 361 g/mol. The number of nitrogens with zero attached hydrogens (tertiary/aromatic N) is 3. The van der Waals surface area contributed by atoms with Crippen LogP contribution in [0.4, 0.5) is 15.8 Å². The van der Waals surface area contributed by atoms with Crippen LogP contribution in [0.15, 0.2) is 12.1 Å². The number of ether oxygens (including phenoxy) is 2. The quantitative estimate of drug-likeness (QED) is 0.679. The van der Waals surface area contributed by atoms with Crippen LogP contribution in [0.5, 0.6) is 5.75 Å². The largest absolute Gasteiger partial charge is 0.492 e. The van der Waals surface area contributed by atoms with Gasteiger partial charge in [0.05, 0.1) is 25.2 Å². The summed E-state index contributed by atoms with van der Waals surface area (Å²) in [5.41, 5.74) is 9.48. The Morgan fingerprint density at radius 1 is 1.25 bits per heavy atom. The first-order valence-corrected chi connectivity index (χ1v) is 10.1. The van der Waals surface area contributed by atoms with E-state index in [0.717, 1.165) is 22.7 Å². The maximum atomic E-state index is 14.8. The van der Waals surface area contributed by atoms with Crippen molar-refractivity contribution in [2.45, 2.75) is 44.1 Å². The molecule has 2 aliphatic heterocycles. The fourth-order valence-electron chi connectivity index (χ4n) is 4.57. The third kappa shape index (κ3) is 3.66. The van der Waals surface area contributed by atoms with Crippen LogP contribution in [0.25, 0.3) is 0 Å². The van der Waals surface area contributed by atoms with E-state index in [4.69, 9.17) is 21.1 Å². The van der Waals surface area contributed by atoms with Gasteiger partial charge < -0.3 is 25.0 Å². The molecule has 1 saturated carbocycles. The summed E-state index contributed by atoms with van der Waals surface area (Å²) < 4.78 is 25.8. The molecule has 0 unspecified atom stereocenters. The number of hydrogen-bond donors (Lipinski definition) is 2. The van der Waals surface area contributed by atoms with Crippen molar-refractivity contribution >= 4 is 11.4 Å². The summed E-state index contributed by atoms with van der Waals surface area (Å²) in [7, 11) is 3.34. The highest BCUT2D eigenvalue weighted by atomic mass is 19.1. The van der Waals surface area contributed by atoms with E-state index in [9.17, 15) is 4.39 Å². The van der Waals surface area contributed by atoms with E-state index < -0.39 is 6.17 Å². The van der Waals surface area contributed by atoms with Gasteiger partial charge in [0.1, 0.15) is 6.17 Å². The Kier molecular flexibility index (Phi) is 5.64. The minimum absolute atomic E-state index is 0.199. The first kappa shape index (κ1) is 19.7. The zero-order valence-corrected chi connectivity index (χ0v) is 16.8. The molecule has 4 N–H and O–H groups in total. The SMILES string of the molecule is COCC[C@H](N)[C@H]1CN(c2ccc3c(c2OC)N(C2CC2)CN(N)C3)C[C@H]1F. The van der Waals surface area contributed by atoms with Gasteiger partial charge in [-0.3, -0.25) is 5.84 Å². The average molecular weight is 394 g/mol. The summed E-state index contributed by atoms with van der Waals surface area (Å²) in [5, 5.41) is 1.83. The molecule has 156 valence electrons. The fourth-order valence-corrected chi connectivity index (χ4v) is 4.57. The Bertz CT molecular complexity index is 701. The number of fused-ring (bicyclic) bond motifs is 1. The molecule has 1 aliphatic carbocycles. The van der Waals surface area contributed by atoms with Gasteiger partial charge in [-0.2, -0.15) is 0 Å². The second kappa shape index (κ2) is 8.02. The average Bonchev–Trinajstić information content (AvgIpc) is 3.46. The maximum Gasteiger partial charge on any atom is 0.165 e. The predicted octanol–water partition coefficient (Wildman–Crippen LogP) is 1.45. The maximum absolute atomic E-state index is 14.8. The molecule has 0 bridgehead atoms. The van der Waals surface area contributed by atoms with E-state index in [1.807, 2.05) is 11.1 Å². The fraction of sp³-hybridized carbons (Fsp3) is 0.700. The third-order valence-electron chi connectivity index (χ3n) is 6.22. The molecule has 1 aromatic rings. The van der Waals surface area contributed by atoms with Crippen LogP contribution in [0.1, 0.15) is 24.8 Å². The molecule has 3 aliphatic rings. The Labute approximate surface area is 166 Å². The summed E-state index contributed by atoms with van der Waals surface area (Å²) in [6.07, 6.45) is 2.06. The molecule has 28 heavy (non-hydrogen) atoms. The smallest absolute Gasteiger partial charge is 0.165 e. The van der Waals surface area contributed by atoms with Gasteiger partial charge in [0.15, 0.2) is 5.75 Å². The van der Waals surface area contributed by atoms with Gasteiger partial charge >= 0.3 is 0 Å². The molecule has 0 amide bonds. The number of nitrogens with two attached hydrogens (primary N) is 2. The van der Waals surface area contributed by atoms with Crippen LogP contribution in [-0.4, -0.2) is 63.8 Å². The zero-order valence-electron chi connectivity index (χ0n) is 16.8. The first-order chi connectivity index (χ1) is 13.5. The van der Waals surface area contributed by atoms with Crippen molar-refractivity contribution in [3.63, 3.8) is 0 Å². The van der Waals surface area contributed by atoms with E-state index in [1.165, 1.54) is 12.8 Å². The number of methoxy groups -OCH3 is 2. The van der Waals surface area contributed by atoms with Crippen molar-refractivity contribution < 1.29 is 13.9 Å². The lowest BCUT2D eigenvalue weighted by Crippen LogP contribution is -2.47. The minimum atomic E-state index is -0.952. The molecule has 1 aromatic carbocycles. The zero-order chi connectivity index (χ0) is 19.8. The molecule has 0 radical (unpaired) electrons. The Hall–Kier alpha value is -1.61. The van der Waals surface area contributed by atoms with Gasteiger partial charge in [0, 0.05) is 51.4 Å². The molecule has 1 saturated heterocycles. The van der Waals surface area contributed by atoms with Crippen molar-refractivity contribution in [2.24, 2.45) is 17.5 Å². The van der Waals surface area contributed by atoms with Crippen LogP contribution in [0.2, 0.25) is 0 Å². The number of anilines is 2. The number of rotatable bonds is 7. The highest BCUT2D eigenvalue weighted by Crippen LogP contribution is 2.47. The number of benzene rings is 1. The molecule has 2 heterocycles. The van der Waals surface area contributed by atoms with Crippen molar-refractivity contribution in [3.8, 4) is 5.75 Å². The van der Waals surface area contributed by atoms with Crippen LogP contribution in [-0.2, 0) is 11.3 Å². The van der Waals surface area contributed by atoms with E-state index in [1.54, 1.807) is 14.2 Å². The molecule has 2 fully saturated rings. The van der Waals surface area contributed by atoms with Crippen molar-refractivity contribution in [1.29, 1.82) is 0 Å². The summed E-state index contributed by atoms with van der Waals surface area (Å²) in [6, 6.07) is 4.44. The highest BCUT2D eigenvalue weighted by molar-refractivity contribution is 5.77. The Morgan fingerprint density at radius 2 is 2.04 bits per heavy atom. The molecule has 0 spiro atoms. The number of halogens is 1. The van der Waals surface area contributed by atoms with Gasteiger partial charge in [-0.05, 0) is 30.9 Å². The first-order valence-electron chi connectivity index (χ1n) is 10.1. The van der Waals surface area contributed by atoms with Crippen LogP contribution >= 0.6 is 0 Å². The molecule has 3 atom stereocenters. The molecule has 7 nitrogen and oxygen atoms in total. The lowest BCUT2D eigenvalue weighted by molar-refractivity contribution is 0.166. The van der Waals surface area contributed by atoms with E-state index in [2.05, 4.69) is 15.9 Å². The molecule has 8 heteroatoms. The summed E-state index contributed by atoms with van der Waals surface area (Å²) >= 11 is 0. The van der Waals surface area contributed by atoms with Crippen LogP contribution in [0.3, 0.4) is 0 Å². The van der Waals surface area contributed by atoms with Crippen molar-refractivity contribution in [3.05, 3.63) is 17.7 Å². The van der Waals surface area contributed by atoms with Crippen molar-refractivity contribution in [1.82, 2.24) is 5.01 Å². The molecule has 4 rings (SSSR count). The topological polar surface area (TPSA) is 80.2 Å². The summed E-state index contributed by atoms with van der Waals surface area (Å²) in [5.74, 6) is 6.76. The lowest BCUT2D eigenvalue weighted by Gasteiger charge is -2.38. The Balaban J connectivity index is 1.61. The summed E-state index contributed by atoms with van der Waals surface area (Å²) in [6.45, 7) is 2.86. The van der Waals surface area contributed by atoms with Gasteiger partial charge in [0.2, 0.25) is 0 Å². The standard InChI is InChI=1S/C20H32FN5O2/c1-27-8-7-17(22)15-10-24(11-16(15)21)18-6-3-13-9-25(23)12-26(14-4-5-14)19(13)20(18)28-2/h3,6,14-17H,4-5,7-12,22-23H2,1-2H3/t15-,16+,17-/m0/s1. The Morgan fingerprint density at radius 3 is 2.71 bits per heavy atom. The van der Waals surface area contributed by atoms with Gasteiger partial charge in [0.25, 0.3) is 0 Å². The number of hydrogen-bond acceptors (Lipinski definition) is 7. The van der Waals surface area contributed by atoms with Gasteiger partial charge in [-0.15, -0.1) is 0 Å². The monoisotopic (exact) mass is 393 g/mol. The van der Waals surface area contributed by atoms with Crippen LogP contribution < -0.4 is 26.1 Å². The predicted molar refractivity (Wildman–Crippen MR) is 108 cm³/mol. The number of hydrazine groups is 1.